The third-order valence-electron chi connectivity index (χ3n) is 4.71. The summed E-state index contributed by atoms with van der Waals surface area (Å²) in [6, 6.07) is 3.34. The maximum atomic E-state index is 14.2. The molecule has 1 fully saturated rings. The van der Waals surface area contributed by atoms with E-state index < -0.39 is 29.4 Å². The van der Waals surface area contributed by atoms with Gasteiger partial charge >= 0.3 is 12.0 Å². The van der Waals surface area contributed by atoms with Gasteiger partial charge in [0.05, 0.1) is 19.9 Å². The van der Waals surface area contributed by atoms with Crippen molar-refractivity contribution in [3.8, 4) is 5.75 Å². The Morgan fingerprint density at radius 1 is 1.25 bits per heavy atom. The molecule has 2 heterocycles. The molecule has 10 heteroatoms. The quantitative estimate of drug-likeness (QED) is 0.778. The van der Waals surface area contributed by atoms with Gasteiger partial charge in [-0.2, -0.15) is 5.10 Å². The van der Waals surface area contributed by atoms with Crippen LogP contribution < -0.4 is 10.1 Å². The van der Waals surface area contributed by atoms with Crippen molar-refractivity contribution in [2.24, 2.45) is 0 Å². The number of esters is 1. The number of benzene rings is 1. The predicted molar refractivity (Wildman–Crippen MR) is 95.4 cm³/mol. The zero-order valence-corrected chi connectivity index (χ0v) is 15.4. The van der Waals surface area contributed by atoms with Crippen LogP contribution in [0.3, 0.4) is 0 Å². The molecule has 28 heavy (non-hydrogen) atoms. The van der Waals surface area contributed by atoms with Crippen molar-refractivity contribution in [1.82, 2.24) is 15.1 Å². The number of nitrogens with zero attached hydrogens (tertiary/aromatic N) is 2. The van der Waals surface area contributed by atoms with E-state index in [0.717, 1.165) is 24.9 Å². The number of H-pyrrole nitrogens is 1. The van der Waals surface area contributed by atoms with Crippen LogP contribution in [0.5, 0.6) is 5.75 Å². The minimum Gasteiger partial charge on any atom is -0.491 e. The number of ether oxygens (including phenoxy) is 2. The molecule has 0 spiro atoms. The van der Waals surface area contributed by atoms with Gasteiger partial charge in [0.15, 0.2) is 23.1 Å². The largest absolute Gasteiger partial charge is 0.491 e. The van der Waals surface area contributed by atoms with E-state index in [1.807, 2.05) is 0 Å². The van der Waals surface area contributed by atoms with Crippen LogP contribution in [0, 0.1) is 11.6 Å². The van der Waals surface area contributed by atoms with Crippen LogP contribution >= 0.6 is 0 Å². The number of amides is 2. The highest BCUT2D eigenvalue weighted by Crippen LogP contribution is 2.30. The standard InChI is InChI=1S/C18H20F2N4O4/c1-27-16-11(19)3-4-12(15(16)20)21-18(26)24-7-5-10(6-8-24)13-9-14(23-22-13)17(25)28-2/h3-4,9-10H,5-8H2,1-2H3,(H,21,26)(H,22,23). The molecule has 0 aliphatic carbocycles. The lowest BCUT2D eigenvalue weighted by molar-refractivity contribution is 0.0594. The maximum Gasteiger partial charge on any atom is 0.358 e. The van der Waals surface area contributed by atoms with Crippen LogP contribution in [0.15, 0.2) is 18.2 Å². The molecule has 0 saturated carbocycles. The van der Waals surface area contributed by atoms with Crippen LogP contribution in [0.2, 0.25) is 0 Å². The summed E-state index contributed by atoms with van der Waals surface area (Å²) in [5.41, 5.74) is 0.856. The molecule has 8 nitrogen and oxygen atoms in total. The number of rotatable bonds is 4. The van der Waals surface area contributed by atoms with E-state index in [1.54, 1.807) is 11.0 Å². The number of aromatic amines is 1. The van der Waals surface area contributed by atoms with Gasteiger partial charge in [0.2, 0.25) is 0 Å². The average molecular weight is 394 g/mol. The summed E-state index contributed by atoms with van der Waals surface area (Å²) in [4.78, 5) is 25.4. The molecule has 1 aliphatic heterocycles. The molecule has 0 unspecified atom stereocenters. The second-order valence-corrected chi connectivity index (χ2v) is 6.33. The van der Waals surface area contributed by atoms with E-state index in [0.29, 0.717) is 25.9 Å². The lowest BCUT2D eigenvalue weighted by Gasteiger charge is -2.31. The van der Waals surface area contributed by atoms with Crippen molar-refractivity contribution in [3.05, 3.63) is 41.2 Å². The van der Waals surface area contributed by atoms with E-state index in [1.165, 1.54) is 7.11 Å². The van der Waals surface area contributed by atoms with E-state index in [2.05, 4.69) is 25.0 Å². The van der Waals surface area contributed by atoms with Gasteiger partial charge < -0.3 is 19.7 Å². The number of piperidine rings is 1. The van der Waals surface area contributed by atoms with Crippen LogP contribution in [0.25, 0.3) is 0 Å². The van der Waals surface area contributed by atoms with E-state index in [4.69, 9.17) is 0 Å². The molecule has 150 valence electrons. The Balaban J connectivity index is 1.60. The molecule has 2 aromatic rings. The number of anilines is 1. The minimum atomic E-state index is -0.960. The molecule has 2 amide bonds. The molecule has 3 rings (SSSR count). The first-order chi connectivity index (χ1) is 13.4. The van der Waals surface area contributed by atoms with E-state index >= 15 is 0 Å². The van der Waals surface area contributed by atoms with Crippen molar-refractivity contribution in [2.45, 2.75) is 18.8 Å². The number of hydrogen-bond acceptors (Lipinski definition) is 5. The molecular formula is C18H20F2N4O4. The summed E-state index contributed by atoms with van der Waals surface area (Å²) in [5, 5.41) is 9.21. The van der Waals surface area contributed by atoms with Gasteiger partial charge in [-0.05, 0) is 31.0 Å². The van der Waals surface area contributed by atoms with E-state index in [-0.39, 0.29) is 17.3 Å². The van der Waals surface area contributed by atoms with Crippen molar-refractivity contribution >= 4 is 17.7 Å². The first-order valence-corrected chi connectivity index (χ1v) is 8.66. The summed E-state index contributed by atoms with van der Waals surface area (Å²) in [5.74, 6) is -2.76. The smallest absolute Gasteiger partial charge is 0.358 e. The first-order valence-electron chi connectivity index (χ1n) is 8.66. The second kappa shape index (κ2) is 8.24. The summed E-state index contributed by atoms with van der Waals surface area (Å²) in [6.07, 6.45) is 1.29. The Morgan fingerprint density at radius 3 is 2.61 bits per heavy atom. The SMILES string of the molecule is COC(=O)c1cc(C2CCN(C(=O)Nc3ccc(F)c(OC)c3F)CC2)[nH]n1. The van der Waals surface area contributed by atoms with Gasteiger partial charge in [0, 0.05) is 24.7 Å². The number of nitrogens with one attached hydrogen (secondary N) is 2. The first kappa shape index (κ1) is 19.6. The Morgan fingerprint density at radius 2 is 1.96 bits per heavy atom. The normalized spacial score (nSPS) is 14.6. The lowest BCUT2D eigenvalue weighted by atomic mass is 9.93. The topological polar surface area (TPSA) is 96.5 Å². The monoisotopic (exact) mass is 394 g/mol. The van der Waals surface area contributed by atoms with Crippen molar-refractivity contribution in [1.29, 1.82) is 0 Å². The highest BCUT2D eigenvalue weighted by atomic mass is 19.1. The molecule has 1 aromatic heterocycles. The average Bonchev–Trinajstić information content (AvgIpc) is 3.20. The second-order valence-electron chi connectivity index (χ2n) is 6.33. The Kier molecular flexibility index (Phi) is 5.76. The zero-order valence-electron chi connectivity index (χ0n) is 15.4. The van der Waals surface area contributed by atoms with Gasteiger partial charge in [-0.25, -0.2) is 18.4 Å². The molecule has 0 atom stereocenters. The number of hydrogen-bond donors (Lipinski definition) is 2. The molecule has 1 aromatic carbocycles. The zero-order chi connectivity index (χ0) is 20.3. The summed E-state index contributed by atoms with van der Waals surface area (Å²) in [7, 11) is 2.44. The van der Waals surface area contributed by atoms with Crippen molar-refractivity contribution in [2.75, 3.05) is 32.6 Å². The van der Waals surface area contributed by atoms with Crippen LogP contribution in [0.4, 0.5) is 19.3 Å². The number of carbonyl (C=O) groups excluding carboxylic acids is 2. The molecule has 1 saturated heterocycles. The van der Waals surface area contributed by atoms with E-state index in [9.17, 15) is 18.4 Å². The fourth-order valence-electron chi connectivity index (χ4n) is 3.16. The number of halogens is 2. The maximum absolute atomic E-state index is 14.2. The van der Waals surface area contributed by atoms with Gasteiger partial charge in [0.1, 0.15) is 0 Å². The summed E-state index contributed by atoms with van der Waals surface area (Å²) >= 11 is 0. The summed E-state index contributed by atoms with van der Waals surface area (Å²) in [6.45, 7) is 0.867. The van der Waals surface area contributed by atoms with Gasteiger partial charge in [-0.1, -0.05) is 0 Å². The molecule has 0 radical (unpaired) electrons. The number of likely N-dealkylation sites (tertiary alicyclic amines) is 1. The number of carbonyl (C=O) groups is 2. The van der Waals surface area contributed by atoms with Crippen molar-refractivity contribution < 1.29 is 27.8 Å². The number of urea groups is 1. The fraction of sp³-hybridized carbons (Fsp3) is 0.389. The van der Waals surface area contributed by atoms with Crippen molar-refractivity contribution in [3.63, 3.8) is 0 Å². The van der Waals surface area contributed by atoms with Gasteiger partial charge in [-0.15, -0.1) is 0 Å². The van der Waals surface area contributed by atoms with Crippen LogP contribution in [-0.4, -0.2) is 54.4 Å². The van der Waals surface area contributed by atoms with Gasteiger partial charge in [0.25, 0.3) is 0 Å². The van der Waals surface area contributed by atoms with Crippen LogP contribution in [0.1, 0.15) is 34.9 Å². The Labute approximate surface area is 159 Å². The predicted octanol–water partition coefficient (Wildman–Crippen LogP) is 2.89. The molecule has 1 aliphatic rings. The molecule has 0 bridgehead atoms. The molecule has 2 N–H and O–H groups in total. The fourth-order valence-corrected chi connectivity index (χ4v) is 3.16. The third-order valence-corrected chi connectivity index (χ3v) is 4.71. The lowest BCUT2D eigenvalue weighted by Crippen LogP contribution is -2.40. The molecular weight excluding hydrogens is 374 g/mol. The third kappa shape index (κ3) is 3.90. The van der Waals surface area contributed by atoms with Gasteiger partial charge in [-0.3, -0.25) is 5.10 Å². The van der Waals surface area contributed by atoms with Crippen LogP contribution in [-0.2, 0) is 4.74 Å². The number of aromatic nitrogens is 2. The Bertz CT molecular complexity index is 878. The Hall–Kier alpha value is -3.17. The highest BCUT2D eigenvalue weighted by molar-refractivity contribution is 5.90. The summed E-state index contributed by atoms with van der Waals surface area (Å²) < 4.78 is 37.0. The minimum absolute atomic E-state index is 0.109. The number of methoxy groups -OCH3 is 2. The highest BCUT2D eigenvalue weighted by Gasteiger charge is 2.27.